The zero-order valence-electron chi connectivity index (χ0n) is 10.4. The van der Waals surface area contributed by atoms with Gasteiger partial charge in [0.05, 0.1) is 11.6 Å². The van der Waals surface area contributed by atoms with Gasteiger partial charge >= 0.3 is 6.18 Å². The zero-order valence-corrected chi connectivity index (χ0v) is 12.1. The van der Waals surface area contributed by atoms with Gasteiger partial charge in [0.15, 0.2) is 0 Å². The second kappa shape index (κ2) is 5.08. The molecule has 0 radical (unpaired) electrons. The largest absolute Gasteiger partial charge is 0.419 e. The number of halogens is 4. The van der Waals surface area contributed by atoms with Gasteiger partial charge in [0.2, 0.25) is 0 Å². The number of hydrogen-bond acceptors (Lipinski definition) is 3. The highest BCUT2D eigenvalue weighted by molar-refractivity contribution is 7.27. The molecular formula is C14H9F4NS2. The second-order valence-corrected chi connectivity index (χ2v) is 6.58. The first-order chi connectivity index (χ1) is 9.86. The highest BCUT2D eigenvalue weighted by atomic mass is 32.1. The SMILES string of the molecule is NC(c1ccc(F)c(C(F)(F)F)c1)c1cc2sccc2s1. The lowest BCUT2D eigenvalue weighted by molar-refractivity contribution is -0.140. The summed E-state index contributed by atoms with van der Waals surface area (Å²) in [5, 5.41) is 1.94. The van der Waals surface area contributed by atoms with Gasteiger partial charge in [0.25, 0.3) is 0 Å². The third kappa shape index (κ3) is 2.68. The molecule has 2 heterocycles. The molecule has 1 aromatic carbocycles. The Labute approximate surface area is 125 Å². The van der Waals surface area contributed by atoms with E-state index in [9.17, 15) is 17.6 Å². The van der Waals surface area contributed by atoms with Crippen molar-refractivity contribution in [3.05, 3.63) is 57.5 Å². The summed E-state index contributed by atoms with van der Waals surface area (Å²) in [7, 11) is 0. The lowest BCUT2D eigenvalue weighted by atomic mass is 10.0. The van der Waals surface area contributed by atoms with Crippen molar-refractivity contribution >= 4 is 32.1 Å². The van der Waals surface area contributed by atoms with Crippen LogP contribution < -0.4 is 5.73 Å². The van der Waals surface area contributed by atoms with Crippen LogP contribution in [0, 0.1) is 5.82 Å². The third-order valence-corrected chi connectivity index (χ3v) is 5.30. The minimum Gasteiger partial charge on any atom is -0.320 e. The van der Waals surface area contributed by atoms with Crippen LogP contribution in [0.4, 0.5) is 17.6 Å². The van der Waals surface area contributed by atoms with Crippen LogP contribution in [0.5, 0.6) is 0 Å². The van der Waals surface area contributed by atoms with Gasteiger partial charge in [-0.2, -0.15) is 13.2 Å². The zero-order chi connectivity index (χ0) is 15.2. The maximum atomic E-state index is 13.3. The van der Waals surface area contributed by atoms with E-state index in [1.54, 1.807) is 11.3 Å². The van der Waals surface area contributed by atoms with Crippen molar-refractivity contribution in [3.63, 3.8) is 0 Å². The van der Waals surface area contributed by atoms with Crippen molar-refractivity contribution in [1.82, 2.24) is 0 Å². The van der Waals surface area contributed by atoms with Crippen molar-refractivity contribution in [1.29, 1.82) is 0 Å². The first kappa shape index (κ1) is 14.5. The van der Waals surface area contributed by atoms with Gasteiger partial charge in [-0.3, -0.25) is 0 Å². The molecule has 1 nitrogen and oxygen atoms in total. The number of fused-ring (bicyclic) bond motifs is 1. The fourth-order valence-corrected chi connectivity index (χ4v) is 4.20. The van der Waals surface area contributed by atoms with Crippen molar-refractivity contribution in [2.45, 2.75) is 12.2 Å². The Balaban J connectivity index is 2.01. The Morgan fingerprint density at radius 1 is 1.05 bits per heavy atom. The number of benzene rings is 1. The molecule has 3 rings (SSSR count). The average molecular weight is 331 g/mol. The van der Waals surface area contributed by atoms with E-state index < -0.39 is 23.6 Å². The lowest BCUT2D eigenvalue weighted by Gasteiger charge is -2.14. The van der Waals surface area contributed by atoms with Crippen LogP contribution in [0.1, 0.15) is 22.0 Å². The lowest BCUT2D eigenvalue weighted by Crippen LogP contribution is -2.14. The fraction of sp³-hybridized carbons (Fsp3) is 0.143. The van der Waals surface area contributed by atoms with Crippen LogP contribution in [0.15, 0.2) is 35.7 Å². The minimum atomic E-state index is -4.73. The van der Waals surface area contributed by atoms with E-state index in [2.05, 4.69) is 0 Å². The summed E-state index contributed by atoms with van der Waals surface area (Å²) in [5.74, 6) is -1.29. The first-order valence-corrected chi connectivity index (χ1v) is 7.65. The van der Waals surface area contributed by atoms with Gasteiger partial charge in [-0.05, 0) is 35.2 Å². The van der Waals surface area contributed by atoms with Crippen molar-refractivity contribution in [2.75, 3.05) is 0 Å². The Kier molecular flexibility index (Phi) is 3.51. The van der Waals surface area contributed by atoms with Crippen LogP contribution in [-0.2, 0) is 6.18 Å². The normalized spacial score (nSPS) is 13.8. The molecular weight excluding hydrogens is 322 g/mol. The van der Waals surface area contributed by atoms with Gasteiger partial charge in [0.1, 0.15) is 5.82 Å². The van der Waals surface area contributed by atoms with Crippen LogP contribution in [0.2, 0.25) is 0 Å². The standard InChI is InChI=1S/C14H9F4NS2/c15-9-2-1-7(5-8(9)14(16,17)18)13(19)12-6-11-10(21-12)3-4-20-11/h1-6,13H,19H2. The Hall–Kier alpha value is -1.44. The molecule has 0 aliphatic carbocycles. The smallest absolute Gasteiger partial charge is 0.320 e. The number of nitrogens with two attached hydrogens (primary N) is 1. The molecule has 0 spiro atoms. The van der Waals surface area contributed by atoms with Crippen molar-refractivity contribution in [3.8, 4) is 0 Å². The average Bonchev–Trinajstić information content (AvgIpc) is 2.97. The molecule has 0 aliphatic rings. The summed E-state index contributed by atoms with van der Waals surface area (Å²) in [6.45, 7) is 0. The summed E-state index contributed by atoms with van der Waals surface area (Å²) in [6.07, 6.45) is -4.73. The van der Waals surface area contributed by atoms with Gasteiger partial charge in [0, 0.05) is 14.3 Å². The monoisotopic (exact) mass is 331 g/mol. The molecule has 0 saturated carbocycles. The van der Waals surface area contributed by atoms with Gasteiger partial charge < -0.3 is 5.73 Å². The topological polar surface area (TPSA) is 26.0 Å². The molecule has 0 amide bonds. The van der Waals surface area contributed by atoms with E-state index in [4.69, 9.17) is 5.73 Å². The number of rotatable bonds is 2. The molecule has 0 fully saturated rings. The maximum absolute atomic E-state index is 13.3. The molecule has 2 aromatic heterocycles. The molecule has 110 valence electrons. The van der Waals surface area contributed by atoms with Crippen LogP contribution >= 0.6 is 22.7 Å². The van der Waals surface area contributed by atoms with Gasteiger partial charge in [-0.25, -0.2) is 4.39 Å². The van der Waals surface area contributed by atoms with E-state index in [0.29, 0.717) is 0 Å². The van der Waals surface area contributed by atoms with Crippen LogP contribution in [0.3, 0.4) is 0 Å². The van der Waals surface area contributed by atoms with Gasteiger partial charge in [-0.15, -0.1) is 22.7 Å². The Morgan fingerprint density at radius 2 is 1.81 bits per heavy atom. The van der Waals surface area contributed by atoms with E-state index in [1.807, 2.05) is 17.5 Å². The number of hydrogen-bond donors (Lipinski definition) is 1. The van der Waals surface area contributed by atoms with Crippen molar-refractivity contribution < 1.29 is 17.6 Å². The summed E-state index contributed by atoms with van der Waals surface area (Å²) >= 11 is 2.98. The molecule has 0 aliphatic heterocycles. The van der Waals surface area contributed by atoms with E-state index in [1.165, 1.54) is 17.4 Å². The van der Waals surface area contributed by atoms with Crippen molar-refractivity contribution in [2.24, 2.45) is 5.73 Å². The summed E-state index contributed by atoms with van der Waals surface area (Å²) in [4.78, 5) is 0.761. The Morgan fingerprint density at radius 3 is 2.48 bits per heavy atom. The summed E-state index contributed by atoms with van der Waals surface area (Å²) < 4.78 is 53.6. The molecule has 1 atom stereocenters. The summed E-state index contributed by atoms with van der Waals surface area (Å²) in [6, 6.07) is 6.00. The predicted octanol–water partition coefficient (Wildman–Crippen LogP) is 5.17. The van der Waals surface area contributed by atoms with Crippen LogP contribution in [0.25, 0.3) is 9.40 Å². The highest BCUT2D eigenvalue weighted by Crippen LogP contribution is 2.37. The molecule has 2 N–H and O–H groups in total. The quantitative estimate of drug-likeness (QED) is 0.644. The molecule has 21 heavy (non-hydrogen) atoms. The summed E-state index contributed by atoms with van der Waals surface area (Å²) in [5.41, 5.74) is 4.99. The number of thiophene rings is 2. The fourth-order valence-electron chi connectivity index (χ4n) is 2.06. The second-order valence-electron chi connectivity index (χ2n) is 4.51. The molecule has 7 heteroatoms. The molecule has 0 saturated heterocycles. The highest BCUT2D eigenvalue weighted by Gasteiger charge is 2.34. The predicted molar refractivity (Wildman–Crippen MR) is 77.1 cm³/mol. The van der Waals surface area contributed by atoms with Crippen LogP contribution in [-0.4, -0.2) is 0 Å². The molecule has 0 bridgehead atoms. The van der Waals surface area contributed by atoms with Gasteiger partial charge in [-0.1, -0.05) is 6.07 Å². The van der Waals surface area contributed by atoms with E-state index in [-0.39, 0.29) is 5.56 Å². The number of alkyl halides is 3. The first-order valence-electron chi connectivity index (χ1n) is 5.95. The third-order valence-electron chi connectivity index (χ3n) is 3.12. The Bertz CT molecular complexity index is 759. The molecule has 3 aromatic rings. The van der Waals surface area contributed by atoms with E-state index >= 15 is 0 Å². The van der Waals surface area contributed by atoms with E-state index in [0.717, 1.165) is 26.4 Å². The maximum Gasteiger partial charge on any atom is 0.419 e. The minimum absolute atomic E-state index is 0.248. The molecule has 1 unspecified atom stereocenters.